The first-order chi connectivity index (χ1) is 10.2. The summed E-state index contributed by atoms with van der Waals surface area (Å²) >= 11 is 0. The van der Waals surface area contributed by atoms with Crippen LogP contribution in [0.25, 0.3) is 0 Å². The van der Waals surface area contributed by atoms with Crippen LogP contribution in [-0.4, -0.2) is 15.1 Å². The zero-order valence-electron chi connectivity index (χ0n) is 14.1. The van der Waals surface area contributed by atoms with E-state index < -0.39 is 5.54 Å². The Bertz CT molecular complexity index is 739. The summed E-state index contributed by atoms with van der Waals surface area (Å²) in [6.07, 6.45) is 0.602. The van der Waals surface area contributed by atoms with Crippen LogP contribution < -0.4 is 11.3 Å². The first-order valence-electron chi connectivity index (χ1n) is 7.59. The van der Waals surface area contributed by atoms with Gasteiger partial charge < -0.3 is 5.73 Å². The maximum Gasteiger partial charge on any atom is 0.257 e. The van der Waals surface area contributed by atoms with Gasteiger partial charge in [0.25, 0.3) is 5.56 Å². The van der Waals surface area contributed by atoms with Crippen LogP contribution in [0.4, 0.5) is 0 Å². The van der Waals surface area contributed by atoms with Gasteiger partial charge in [-0.1, -0.05) is 29.8 Å². The second-order valence-corrected chi connectivity index (χ2v) is 6.77. The zero-order valence-corrected chi connectivity index (χ0v) is 14.1. The van der Waals surface area contributed by atoms with E-state index in [4.69, 9.17) is 5.73 Å². The van der Waals surface area contributed by atoms with E-state index in [0.29, 0.717) is 18.8 Å². The molecule has 0 aliphatic carbocycles. The van der Waals surface area contributed by atoms with Gasteiger partial charge in [-0.2, -0.15) is 0 Å². The maximum atomic E-state index is 12.8. The molecule has 0 spiro atoms. The van der Waals surface area contributed by atoms with E-state index in [0.717, 1.165) is 16.8 Å². The van der Waals surface area contributed by atoms with E-state index in [-0.39, 0.29) is 5.56 Å². The van der Waals surface area contributed by atoms with Crippen LogP contribution in [-0.2, 0) is 13.0 Å². The molecule has 0 aliphatic rings. The molecule has 0 bridgehead atoms. The minimum Gasteiger partial charge on any atom is -0.324 e. The molecule has 118 valence electrons. The molecule has 2 rings (SSSR count). The van der Waals surface area contributed by atoms with Crippen molar-refractivity contribution in [3.63, 3.8) is 0 Å². The quantitative estimate of drug-likeness (QED) is 0.943. The summed E-state index contributed by atoms with van der Waals surface area (Å²) in [6, 6.07) is 8.22. The van der Waals surface area contributed by atoms with Crippen LogP contribution >= 0.6 is 0 Å². The minimum absolute atomic E-state index is 0.0185. The van der Waals surface area contributed by atoms with Gasteiger partial charge in [-0.05, 0) is 40.2 Å². The van der Waals surface area contributed by atoms with Crippen molar-refractivity contribution >= 4 is 0 Å². The lowest BCUT2D eigenvalue weighted by atomic mass is 10.0. The van der Waals surface area contributed by atoms with Crippen molar-refractivity contribution in [1.82, 2.24) is 9.55 Å². The Morgan fingerprint density at radius 2 is 1.91 bits per heavy atom. The Labute approximate surface area is 132 Å². The highest BCUT2D eigenvalue weighted by atomic mass is 16.1. The van der Waals surface area contributed by atoms with Crippen LogP contribution in [0.5, 0.6) is 0 Å². The van der Waals surface area contributed by atoms with Gasteiger partial charge in [-0.3, -0.25) is 9.36 Å². The van der Waals surface area contributed by atoms with Gasteiger partial charge in [-0.25, -0.2) is 4.98 Å². The summed E-state index contributed by atoms with van der Waals surface area (Å²) in [5.74, 6) is 0.717. The second-order valence-electron chi connectivity index (χ2n) is 6.77. The van der Waals surface area contributed by atoms with Crippen LogP contribution in [0.15, 0.2) is 29.1 Å². The first kappa shape index (κ1) is 16.4. The number of nitrogens with zero attached hydrogens (tertiary/aromatic N) is 2. The summed E-state index contributed by atoms with van der Waals surface area (Å²) in [6.45, 7) is 10.1. The highest BCUT2D eigenvalue weighted by molar-refractivity contribution is 5.30. The van der Waals surface area contributed by atoms with Gasteiger partial charge in [0.05, 0.1) is 0 Å². The monoisotopic (exact) mass is 299 g/mol. The molecule has 1 heterocycles. The molecular formula is C18H25N3O. The van der Waals surface area contributed by atoms with Crippen molar-refractivity contribution in [3.05, 3.63) is 62.8 Å². The van der Waals surface area contributed by atoms with E-state index in [1.807, 2.05) is 39.8 Å². The summed E-state index contributed by atoms with van der Waals surface area (Å²) in [4.78, 5) is 17.4. The van der Waals surface area contributed by atoms with Crippen molar-refractivity contribution < 1.29 is 0 Å². The SMILES string of the molecule is Cc1cccc(Cc2c(C)nc(C)n(CC(C)(C)N)c2=O)c1. The number of hydrogen-bond acceptors (Lipinski definition) is 3. The largest absolute Gasteiger partial charge is 0.324 e. The van der Waals surface area contributed by atoms with Gasteiger partial charge in [0.15, 0.2) is 0 Å². The Balaban J connectivity index is 2.48. The number of aromatic nitrogens is 2. The maximum absolute atomic E-state index is 12.8. The third-order valence-electron chi connectivity index (χ3n) is 3.69. The molecular weight excluding hydrogens is 274 g/mol. The van der Waals surface area contributed by atoms with Crippen molar-refractivity contribution in [3.8, 4) is 0 Å². The summed E-state index contributed by atoms with van der Waals surface area (Å²) in [5, 5.41) is 0. The molecule has 4 nitrogen and oxygen atoms in total. The lowest BCUT2D eigenvalue weighted by Crippen LogP contribution is -2.42. The molecule has 2 aromatic rings. The zero-order chi connectivity index (χ0) is 16.5. The van der Waals surface area contributed by atoms with Crippen molar-refractivity contribution in [2.24, 2.45) is 5.73 Å². The van der Waals surface area contributed by atoms with E-state index >= 15 is 0 Å². The fourth-order valence-electron chi connectivity index (χ4n) is 2.66. The highest BCUT2D eigenvalue weighted by Gasteiger charge is 2.18. The van der Waals surface area contributed by atoms with Crippen molar-refractivity contribution in [2.75, 3.05) is 0 Å². The number of nitrogens with two attached hydrogens (primary N) is 1. The standard InChI is InChI=1S/C18H25N3O/c1-12-7-6-8-15(9-12)10-16-13(2)20-14(3)21(17(16)22)11-18(4,5)19/h6-9H,10-11,19H2,1-5H3. The predicted molar refractivity (Wildman–Crippen MR) is 90.2 cm³/mol. The topological polar surface area (TPSA) is 60.9 Å². The Hall–Kier alpha value is -1.94. The molecule has 0 unspecified atom stereocenters. The number of rotatable bonds is 4. The van der Waals surface area contributed by atoms with Crippen LogP contribution in [0.2, 0.25) is 0 Å². The lowest BCUT2D eigenvalue weighted by Gasteiger charge is -2.22. The number of aryl methyl sites for hydroxylation is 3. The summed E-state index contributed by atoms with van der Waals surface area (Å²) < 4.78 is 1.69. The molecule has 0 fully saturated rings. The molecule has 0 amide bonds. The third-order valence-corrected chi connectivity index (χ3v) is 3.69. The average Bonchev–Trinajstić information content (AvgIpc) is 2.39. The summed E-state index contributed by atoms with van der Waals surface area (Å²) in [5.41, 5.74) is 9.52. The molecule has 0 radical (unpaired) electrons. The highest BCUT2D eigenvalue weighted by Crippen LogP contribution is 2.12. The molecule has 2 N–H and O–H groups in total. The molecule has 0 saturated heterocycles. The van der Waals surface area contributed by atoms with E-state index in [1.165, 1.54) is 5.56 Å². The molecule has 1 aromatic carbocycles. The molecule has 0 saturated carbocycles. The molecule has 4 heteroatoms. The normalized spacial score (nSPS) is 11.7. The first-order valence-corrected chi connectivity index (χ1v) is 7.59. The third kappa shape index (κ3) is 3.83. The average molecular weight is 299 g/mol. The Morgan fingerprint density at radius 1 is 1.23 bits per heavy atom. The van der Waals surface area contributed by atoms with Crippen molar-refractivity contribution in [1.29, 1.82) is 0 Å². The van der Waals surface area contributed by atoms with Crippen LogP contribution in [0.3, 0.4) is 0 Å². The van der Waals surface area contributed by atoms with E-state index in [9.17, 15) is 4.79 Å². The van der Waals surface area contributed by atoms with Gasteiger partial charge in [0.2, 0.25) is 0 Å². The molecule has 0 atom stereocenters. The lowest BCUT2D eigenvalue weighted by molar-refractivity contribution is 0.414. The number of hydrogen-bond donors (Lipinski definition) is 1. The fourth-order valence-corrected chi connectivity index (χ4v) is 2.66. The Kier molecular flexibility index (Phi) is 4.52. The smallest absolute Gasteiger partial charge is 0.257 e. The van der Waals surface area contributed by atoms with Gasteiger partial charge in [-0.15, -0.1) is 0 Å². The van der Waals surface area contributed by atoms with Crippen LogP contribution in [0.1, 0.15) is 42.1 Å². The molecule has 1 aromatic heterocycles. The van der Waals surface area contributed by atoms with Crippen LogP contribution in [0, 0.1) is 20.8 Å². The molecule has 0 aliphatic heterocycles. The molecule has 22 heavy (non-hydrogen) atoms. The van der Waals surface area contributed by atoms with Gasteiger partial charge in [0.1, 0.15) is 5.82 Å². The minimum atomic E-state index is -0.452. The number of benzene rings is 1. The van der Waals surface area contributed by atoms with Crippen molar-refractivity contribution in [2.45, 2.75) is 53.1 Å². The fraction of sp³-hybridized carbons (Fsp3) is 0.444. The van der Waals surface area contributed by atoms with Gasteiger partial charge in [0, 0.05) is 29.8 Å². The second kappa shape index (κ2) is 6.05. The van der Waals surface area contributed by atoms with E-state index in [2.05, 4.69) is 24.0 Å². The van der Waals surface area contributed by atoms with Gasteiger partial charge >= 0.3 is 0 Å². The predicted octanol–water partition coefficient (Wildman–Crippen LogP) is 2.50. The Morgan fingerprint density at radius 3 is 2.50 bits per heavy atom. The summed E-state index contributed by atoms with van der Waals surface area (Å²) in [7, 11) is 0. The van der Waals surface area contributed by atoms with E-state index in [1.54, 1.807) is 4.57 Å².